The van der Waals surface area contributed by atoms with Crippen molar-refractivity contribution in [2.75, 3.05) is 13.1 Å². The third kappa shape index (κ3) is 5.82. The van der Waals surface area contributed by atoms with Gasteiger partial charge in [-0.15, -0.1) is 0 Å². The maximum atomic E-state index is 12.5. The summed E-state index contributed by atoms with van der Waals surface area (Å²) in [6.45, 7) is 6.37. The molecule has 1 saturated carbocycles. The van der Waals surface area contributed by atoms with Gasteiger partial charge in [0.05, 0.1) is 4.90 Å². The van der Waals surface area contributed by atoms with Crippen LogP contribution >= 0.6 is 0 Å². The van der Waals surface area contributed by atoms with Crippen LogP contribution in [-0.2, 0) is 14.8 Å². The first kappa shape index (κ1) is 19.9. The number of rotatable bonds is 7. The van der Waals surface area contributed by atoms with Crippen molar-refractivity contribution in [3.8, 4) is 0 Å². The van der Waals surface area contributed by atoms with Gasteiger partial charge in [0.25, 0.3) is 0 Å². The fraction of sp³-hybridized carbons (Fsp3) is 0.632. The van der Waals surface area contributed by atoms with Crippen LogP contribution in [0.25, 0.3) is 0 Å². The summed E-state index contributed by atoms with van der Waals surface area (Å²) < 4.78 is 27.6. The molecule has 1 aliphatic carbocycles. The predicted molar refractivity (Wildman–Crippen MR) is 100 cm³/mol. The monoisotopic (exact) mass is 366 g/mol. The number of carbonyl (C=O) groups excluding carboxylic acids is 1. The minimum Gasteiger partial charge on any atom is -0.356 e. The Labute approximate surface area is 151 Å². The van der Waals surface area contributed by atoms with Crippen LogP contribution in [0.1, 0.15) is 55.2 Å². The molecule has 1 aromatic carbocycles. The van der Waals surface area contributed by atoms with Crippen molar-refractivity contribution in [1.82, 2.24) is 10.0 Å². The lowest BCUT2D eigenvalue weighted by Gasteiger charge is -2.21. The van der Waals surface area contributed by atoms with E-state index in [0.717, 1.165) is 16.7 Å². The van der Waals surface area contributed by atoms with Crippen LogP contribution < -0.4 is 10.0 Å². The minimum atomic E-state index is -3.60. The zero-order chi connectivity index (χ0) is 18.4. The fourth-order valence-corrected chi connectivity index (χ4v) is 5.18. The third-order valence-electron chi connectivity index (χ3n) is 4.83. The van der Waals surface area contributed by atoms with E-state index in [9.17, 15) is 13.2 Å². The van der Waals surface area contributed by atoms with Crippen LogP contribution in [0.3, 0.4) is 0 Å². The number of sulfonamides is 1. The molecule has 0 aliphatic heterocycles. The van der Waals surface area contributed by atoms with E-state index in [-0.39, 0.29) is 18.9 Å². The molecule has 0 atom stereocenters. The molecular weight excluding hydrogens is 336 g/mol. The molecule has 0 aromatic heterocycles. The lowest BCUT2D eigenvalue weighted by Crippen LogP contribution is -2.34. The third-order valence-corrected chi connectivity index (χ3v) is 6.60. The average Bonchev–Trinajstić information content (AvgIpc) is 2.52. The summed E-state index contributed by atoms with van der Waals surface area (Å²) in [4.78, 5) is 12.3. The minimum absolute atomic E-state index is 0.0920. The molecule has 0 unspecified atom stereocenters. The Kier molecular flexibility index (Phi) is 7.02. The van der Waals surface area contributed by atoms with Gasteiger partial charge >= 0.3 is 0 Å². The van der Waals surface area contributed by atoms with Crippen molar-refractivity contribution < 1.29 is 13.2 Å². The number of nitrogens with one attached hydrogen (secondary N) is 2. The van der Waals surface area contributed by atoms with Crippen LogP contribution in [0, 0.1) is 26.7 Å². The maximum absolute atomic E-state index is 12.5. The van der Waals surface area contributed by atoms with Gasteiger partial charge < -0.3 is 5.32 Å². The Morgan fingerprint density at radius 3 is 2.28 bits per heavy atom. The first-order chi connectivity index (χ1) is 11.8. The van der Waals surface area contributed by atoms with E-state index in [1.807, 2.05) is 19.1 Å². The van der Waals surface area contributed by atoms with E-state index < -0.39 is 10.0 Å². The Balaban J connectivity index is 1.83. The van der Waals surface area contributed by atoms with Crippen molar-refractivity contribution >= 4 is 15.9 Å². The van der Waals surface area contributed by atoms with Crippen molar-refractivity contribution in [3.63, 3.8) is 0 Å². The normalized spacial score (nSPS) is 16.0. The summed E-state index contributed by atoms with van der Waals surface area (Å²) in [6, 6.07) is 3.72. The largest absolute Gasteiger partial charge is 0.356 e. The van der Waals surface area contributed by atoms with E-state index >= 15 is 0 Å². The number of carbonyl (C=O) groups is 1. The van der Waals surface area contributed by atoms with Crippen molar-refractivity contribution in [2.45, 2.75) is 64.2 Å². The number of benzene rings is 1. The zero-order valence-corrected chi connectivity index (χ0v) is 16.3. The Morgan fingerprint density at radius 1 is 1.08 bits per heavy atom. The molecule has 6 heteroatoms. The molecule has 0 radical (unpaired) electrons. The summed E-state index contributed by atoms with van der Waals surface area (Å²) in [6.07, 6.45) is 6.31. The quantitative estimate of drug-likeness (QED) is 0.779. The van der Waals surface area contributed by atoms with Crippen molar-refractivity contribution in [1.29, 1.82) is 0 Å². The lowest BCUT2D eigenvalue weighted by atomic mass is 9.89. The highest BCUT2D eigenvalue weighted by molar-refractivity contribution is 7.89. The van der Waals surface area contributed by atoms with Gasteiger partial charge in [-0.3, -0.25) is 4.79 Å². The van der Waals surface area contributed by atoms with Crippen LogP contribution in [-0.4, -0.2) is 27.4 Å². The summed E-state index contributed by atoms with van der Waals surface area (Å²) >= 11 is 0. The summed E-state index contributed by atoms with van der Waals surface area (Å²) in [5.41, 5.74) is 2.49. The van der Waals surface area contributed by atoms with Crippen LogP contribution in [0.4, 0.5) is 0 Å². The highest BCUT2D eigenvalue weighted by Gasteiger charge is 2.20. The summed E-state index contributed by atoms with van der Waals surface area (Å²) in [5, 5.41) is 2.93. The van der Waals surface area contributed by atoms with Gasteiger partial charge in [0, 0.05) is 19.5 Å². The topological polar surface area (TPSA) is 75.3 Å². The van der Waals surface area contributed by atoms with Crippen LogP contribution in [0.5, 0.6) is 0 Å². The predicted octanol–water partition coefficient (Wildman–Crippen LogP) is 2.98. The molecule has 0 bridgehead atoms. The fourth-order valence-electron chi connectivity index (χ4n) is 3.70. The first-order valence-electron chi connectivity index (χ1n) is 9.14. The van der Waals surface area contributed by atoms with E-state index in [4.69, 9.17) is 0 Å². The molecule has 1 amide bonds. The van der Waals surface area contributed by atoms with Crippen LogP contribution in [0.2, 0.25) is 0 Å². The van der Waals surface area contributed by atoms with E-state index in [0.29, 0.717) is 17.4 Å². The first-order valence-corrected chi connectivity index (χ1v) is 10.6. The molecule has 5 nitrogen and oxygen atoms in total. The second kappa shape index (κ2) is 8.81. The van der Waals surface area contributed by atoms with Crippen LogP contribution in [0.15, 0.2) is 17.0 Å². The van der Waals surface area contributed by atoms with Gasteiger partial charge in [-0.25, -0.2) is 13.1 Å². The Hall–Kier alpha value is -1.40. The van der Waals surface area contributed by atoms with Gasteiger partial charge in [0.2, 0.25) is 15.9 Å². The molecule has 140 valence electrons. The second-order valence-corrected chi connectivity index (χ2v) is 8.89. The second-order valence-electron chi connectivity index (χ2n) is 7.18. The molecule has 1 aromatic rings. The molecule has 2 rings (SSSR count). The van der Waals surface area contributed by atoms with Gasteiger partial charge in [-0.05, 0) is 50.7 Å². The highest BCUT2D eigenvalue weighted by Crippen LogP contribution is 2.23. The van der Waals surface area contributed by atoms with E-state index in [2.05, 4.69) is 10.0 Å². The van der Waals surface area contributed by atoms with Gasteiger partial charge in [0.15, 0.2) is 0 Å². The Bertz CT molecular complexity index is 684. The molecule has 0 spiro atoms. The van der Waals surface area contributed by atoms with Crippen molar-refractivity contribution in [3.05, 3.63) is 28.8 Å². The number of hydrogen-bond donors (Lipinski definition) is 2. The number of aryl methyl sites for hydroxylation is 3. The summed E-state index contributed by atoms with van der Waals surface area (Å²) in [5.74, 6) is 0.484. The average molecular weight is 367 g/mol. The zero-order valence-electron chi connectivity index (χ0n) is 15.5. The molecule has 25 heavy (non-hydrogen) atoms. The highest BCUT2D eigenvalue weighted by atomic mass is 32.2. The molecule has 1 aliphatic rings. The van der Waals surface area contributed by atoms with Crippen molar-refractivity contribution in [2.24, 2.45) is 5.92 Å². The standard InChI is InChI=1S/C19H30N2O3S/c1-14-11-15(2)19(16(3)12-14)25(23,24)21-10-9-18(22)20-13-17-7-5-4-6-8-17/h11-12,17,21H,4-10,13H2,1-3H3,(H,20,22). The smallest absolute Gasteiger partial charge is 0.241 e. The summed E-state index contributed by atoms with van der Waals surface area (Å²) in [7, 11) is -3.60. The Morgan fingerprint density at radius 2 is 1.68 bits per heavy atom. The molecule has 1 fully saturated rings. The molecule has 0 heterocycles. The molecule has 2 N–H and O–H groups in total. The molecular formula is C19H30N2O3S. The number of amides is 1. The SMILES string of the molecule is Cc1cc(C)c(S(=O)(=O)NCCC(=O)NCC2CCCCC2)c(C)c1. The molecule has 0 saturated heterocycles. The van der Waals surface area contributed by atoms with E-state index in [1.54, 1.807) is 13.8 Å². The van der Waals surface area contributed by atoms with Gasteiger partial charge in [-0.2, -0.15) is 0 Å². The number of hydrogen-bond acceptors (Lipinski definition) is 3. The maximum Gasteiger partial charge on any atom is 0.241 e. The van der Waals surface area contributed by atoms with Gasteiger partial charge in [-0.1, -0.05) is 37.0 Å². The lowest BCUT2D eigenvalue weighted by molar-refractivity contribution is -0.121. The van der Waals surface area contributed by atoms with Gasteiger partial charge in [0.1, 0.15) is 0 Å². The van der Waals surface area contributed by atoms with E-state index in [1.165, 1.54) is 32.1 Å².